The van der Waals surface area contributed by atoms with E-state index in [1.54, 1.807) is 7.11 Å². The van der Waals surface area contributed by atoms with Gasteiger partial charge in [-0.05, 0) is 31.6 Å². The van der Waals surface area contributed by atoms with Gasteiger partial charge in [-0.2, -0.15) is 0 Å². The summed E-state index contributed by atoms with van der Waals surface area (Å²) in [6.07, 6.45) is 4.44. The third kappa shape index (κ3) is 5.24. The molecule has 1 rings (SSSR count). The van der Waals surface area contributed by atoms with Crippen LogP contribution in [0.4, 0.5) is 0 Å². The van der Waals surface area contributed by atoms with E-state index in [4.69, 9.17) is 9.47 Å². The Morgan fingerprint density at radius 1 is 1.39 bits per heavy atom. The van der Waals surface area contributed by atoms with Crippen molar-refractivity contribution < 1.29 is 14.3 Å². The van der Waals surface area contributed by atoms with Crippen molar-refractivity contribution in [3.8, 4) is 0 Å². The molecule has 1 aliphatic carbocycles. The predicted octanol–water partition coefficient (Wildman–Crippen LogP) is 2.11. The van der Waals surface area contributed by atoms with Gasteiger partial charge in [-0.15, -0.1) is 0 Å². The number of carbonyl (C=O) groups is 1. The van der Waals surface area contributed by atoms with Crippen molar-refractivity contribution in [3.05, 3.63) is 0 Å². The molecule has 0 heterocycles. The highest BCUT2D eigenvalue weighted by molar-refractivity contribution is 9.09. The Bertz CT molecular complexity index is 253. The number of rotatable bonds is 7. The summed E-state index contributed by atoms with van der Waals surface area (Å²) in [5.74, 6) is 0.743. The van der Waals surface area contributed by atoms with Gasteiger partial charge in [0.25, 0.3) is 0 Å². The molecule has 0 unspecified atom stereocenters. The van der Waals surface area contributed by atoms with Crippen LogP contribution in [-0.4, -0.2) is 43.7 Å². The third-order valence-corrected chi connectivity index (χ3v) is 4.63. The van der Waals surface area contributed by atoms with E-state index in [2.05, 4.69) is 28.2 Å². The lowest BCUT2D eigenvalue weighted by Crippen LogP contribution is -2.53. The van der Waals surface area contributed by atoms with Crippen LogP contribution in [0, 0.1) is 5.92 Å². The predicted molar refractivity (Wildman–Crippen MR) is 75.0 cm³/mol. The molecule has 0 bridgehead atoms. The molecule has 0 aromatic rings. The van der Waals surface area contributed by atoms with E-state index in [0.717, 1.165) is 24.1 Å². The number of hydrogen-bond acceptors (Lipinski definition) is 3. The second kappa shape index (κ2) is 8.12. The van der Waals surface area contributed by atoms with Crippen LogP contribution in [0.2, 0.25) is 0 Å². The molecule has 4 nitrogen and oxygen atoms in total. The summed E-state index contributed by atoms with van der Waals surface area (Å²) in [5.41, 5.74) is -0.0752. The number of halogens is 1. The zero-order valence-electron chi connectivity index (χ0n) is 11.3. The molecule has 1 amide bonds. The van der Waals surface area contributed by atoms with Crippen molar-refractivity contribution in [2.75, 3.05) is 32.3 Å². The number of methoxy groups -OCH3 is 1. The summed E-state index contributed by atoms with van der Waals surface area (Å²) in [6, 6.07) is 0. The van der Waals surface area contributed by atoms with Gasteiger partial charge < -0.3 is 14.8 Å². The first kappa shape index (κ1) is 15.9. The van der Waals surface area contributed by atoms with E-state index in [1.807, 2.05) is 0 Å². The molecule has 18 heavy (non-hydrogen) atoms. The van der Waals surface area contributed by atoms with Crippen molar-refractivity contribution >= 4 is 21.8 Å². The van der Waals surface area contributed by atoms with Gasteiger partial charge in [-0.3, -0.25) is 4.79 Å². The number of ether oxygens (including phenoxy) is 2. The standard InChI is InChI=1S/C13H24BrNO3/c1-11-3-5-13(10-14,6-4-11)15-12(16)9-18-8-7-17-2/h11H,3-10H2,1-2H3,(H,15,16). The summed E-state index contributed by atoms with van der Waals surface area (Å²) in [7, 11) is 1.62. The molecule has 1 N–H and O–H groups in total. The van der Waals surface area contributed by atoms with E-state index in [0.29, 0.717) is 13.2 Å². The van der Waals surface area contributed by atoms with Gasteiger partial charge in [0, 0.05) is 18.0 Å². The quantitative estimate of drug-likeness (QED) is 0.577. The Labute approximate surface area is 118 Å². The summed E-state index contributed by atoms with van der Waals surface area (Å²) in [6.45, 7) is 3.37. The second-order valence-corrected chi connectivity index (χ2v) is 5.75. The first-order chi connectivity index (χ1) is 8.62. The molecule has 0 aliphatic heterocycles. The molecule has 0 spiro atoms. The fourth-order valence-corrected chi connectivity index (χ4v) is 2.95. The van der Waals surface area contributed by atoms with Gasteiger partial charge in [0.2, 0.25) is 5.91 Å². The molecule has 0 aromatic heterocycles. The fraction of sp³-hybridized carbons (Fsp3) is 0.923. The van der Waals surface area contributed by atoms with Crippen LogP contribution in [0.25, 0.3) is 0 Å². The number of amides is 1. The average molecular weight is 322 g/mol. The van der Waals surface area contributed by atoms with Crippen LogP contribution in [0.1, 0.15) is 32.6 Å². The first-order valence-corrected chi connectivity index (χ1v) is 7.68. The molecular formula is C13H24BrNO3. The lowest BCUT2D eigenvalue weighted by atomic mass is 9.78. The van der Waals surface area contributed by atoms with Crippen LogP contribution in [0.15, 0.2) is 0 Å². The Kier molecular flexibility index (Phi) is 7.19. The van der Waals surface area contributed by atoms with Crippen LogP contribution in [0.3, 0.4) is 0 Å². The van der Waals surface area contributed by atoms with Crippen molar-refractivity contribution in [1.82, 2.24) is 5.32 Å². The fourth-order valence-electron chi connectivity index (χ4n) is 2.25. The van der Waals surface area contributed by atoms with Gasteiger partial charge in [0.15, 0.2) is 0 Å². The zero-order valence-corrected chi connectivity index (χ0v) is 12.9. The Morgan fingerprint density at radius 3 is 2.61 bits per heavy atom. The maximum Gasteiger partial charge on any atom is 0.246 e. The molecule has 1 aliphatic rings. The lowest BCUT2D eigenvalue weighted by molar-refractivity contribution is -0.128. The van der Waals surface area contributed by atoms with E-state index in [9.17, 15) is 4.79 Å². The monoisotopic (exact) mass is 321 g/mol. The van der Waals surface area contributed by atoms with Crippen molar-refractivity contribution in [2.24, 2.45) is 5.92 Å². The largest absolute Gasteiger partial charge is 0.382 e. The molecule has 0 aromatic carbocycles. The minimum Gasteiger partial charge on any atom is -0.382 e. The van der Waals surface area contributed by atoms with Crippen molar-refractivity contribution in [1.29, 1.82) is 0 Å². The molecule has 0 atom stereocenters. The Balaban J connectivity index is 2.31. The molecule has 106 valence electrons. The molecule has 0 saturated heterocycles. The van der Waals surface area contributed by atoms with Crippen molar-refractivity contribution in [3.63, 3.8) is 0 Å². The minimum atomic E-state index is -0.0752. The molecule has 1 saturated carbocycles. The van der Waals surface area contributed by atoms with E-state index < -0.39 is 0 Å². The van der Waals surface area contributed by atoms with Gasteiger partial charge in [0.05, 0.1) is 13.2 Å². The number of nitrogens with one attached hydrogen (secondary N) is 1. The third-order valence-electron chi connectivity index (χ3n) is 3.56. The highest BCUT2D eigenvalue weighted by atomic mass is 79.9. The maximum atomic E-state index is 11.8. The SMILES string of the molecule is COCCOCC(=O)NC1(CBr)CCC(C)CC1. The van der Waals surface area contributed by atoms with Gasteiger partial charge in [-0.1, -0.05) is 22.9 Å². The van der Waals surface area contributed by atoms with E-state index >= 15 is 0 Å². The van der Waals surface area contributed by atoms with Gasteiger partial charge in [0.1, 0.15) is 6.61 Å². The molecule has 5 heteroatoms. The highest BCUT2D eigenvalue weighted by Gasteiger charge is 2.34. The molecule has 1 fully saturated rings. The normalized spacial score (nSPS) is 28.1. The van der Waals surface area contributed by atoms with Gasteiger partial charge >= 0.3 is 0 Å². The first-order valence-electron chi connectivity index (χ1n) is 6.55. The summed E-state index contributed by atoms with van der Waals surface area (Å²) < 4.78 is 10.1. The number of carbonyl (C=O) groups excluding carboxylic acids is 1. The Hall–Kier alpha value is -0.130. The highest BCUT2D eigenvalue weighted by Crippen LogP contribution is 2.33. The summed E-state index contributed by atoms with van der Waals surface area (Å²) in [4.78, 5) is 11.8. The van der Waals surface area contributed by atoms with E-state index in [-0.39, 0.29) is 18.1 Å². The molecule has 0 radical (unpaired) electrons. The number of alkyl halides is 1. The Morgan fingerprint density at radius 2 is 2.06 bits per heavy atom. The topological polar surface area (TPSA) is 47.6 Å². The van der Waals surface area contributed by atoms with Crippen LogP contribution in [0.5, 0.6) is 0 Å². The zero-order chi connectivity index (χ0) is 13.4. The van der Waals surface area contributed by atoms with Crippen LogP contribution < -0.4 is 5.32 Å². The molecular weight excluding hydrogens is 298 g/mol. The maximum absolute atomic E-state index is 11.8. The second-order valence-electron chi connectivity index (χ2n) is 5.19. The van der Waals surface area contributed by atoms with Crippen LogP contribution in [-0.2, 0) is 14.3 Å². The smallest absolute Gasteiger partial charge is 0.246 e. The average Bonchev–Trinajstić information content (AvgIpc) is 2.38. The minimum absolute atomic E-state index is 0.0277. The lowest BCUT2D eigenvalue weighted by Gasteiger charge is -2.38. The van der Waals surface area contributed by atoms with Crippen molar-refractivity contribution in [2.45, 2.75) is 38.1 Å². The van der Waals surface area contributed by atoms with Gasteiger partial charge in [-0.25, -0.2) is 0 Å². The van der Waals surface area contributed by atoms with E-state index in [1.165, 1.54) is 12.8 Å². The summed E-state index contributed by atoms with van der Waals surface area (Å²) in [5, 5.41) is 3.94. The number of hydrogen-bond donors (Lipinski definition) is 1. The summed E-state index contributed by atoms with van der Waals surface area (Å²) >= 11 is 3.53. The van der Waals surface area contributed by atoms with Crippen LogP contribution >= 0.6 is 15.9 Å².